The van der Waals surface area contributed by atoms with Crippen molar-refractivity contribution in [1.29, 1.82) is 0 Å². The zero-order chi connectivity index (χ0) is 17.6. The van der Waals surface area contributed by atoms with Crippen LogP contribution >= 0.6 is 35.6 Å². The number of hydrogen-bond donors (Lipinski definition) is 4. The third kappa shape index (κ3) is 2.95. The number of H-pyrrole nitrogens is 1. The van der Waals surface area contributed by atoms with Gasteiger partial charge >= 0.3 is 0 Å². The smallest absolute Gasteiger partial charge is 0.250 e. The highest BCUT2D eigenvalue weighted by Crippen LogP contribution is 2.45. The summed E-state index contributed by atoms with van der Waals surface area (Å²) in [7, 11) is 0. The average Bonchev–Trinajstić information content (AvgIpc) is 3.24. The molecular formula is C16H16Cl3N5O2. The van der Waals surface area contributed by atoms with Gasteiger partial charge in [0.1, 0.15) is 6.61 Å². The lowest BCUT2D eigenvalue weighted by molar-refractivity contribution is -0.118. The van der Waals surface area contributed by atoms with Crippen molar-refractivity contribution in [2.24, 2.45) is 0 Å². The molecule has 138 valence electrons. The fourth-order valence-corrected chi connectivity index (χ4v) is 3.80. The average molecular weight is 417 g/mol. The van der Waals surface area contributed by atoms with Crippen LogP contribution in [0.5, 0.6) is 0 Å². The maximum atomic E-state index is 11.8. The number of carbonyl (C=O) groups excluding carboxylic acids is 1. The van der Waals surface area contributed by atoms with Crippen molar-refractivity contribution in [3.8, 4) is 11.1 Å². The molecule has 1 amide bonds. The molecule has 0 saturated heterocycles. The molecule has 2 aromatic heterocycles. The number of nitrogens with one attached hydrogen (secondary N) is 3. The van der Waals surface area contributed by atoms with E-state index >= 15 is 0 Å². The van der Waals surface area contributed by atoms with Crippen LogP contribution in [-0.2, 0) is 17.9 Å². The van der Waals surface area contributed by atoms with Gasteiger partial charge in [0.2, 0.25) is 5.91 Å². The number of fused-ring (bicyclic) bond motifs is 3. The lowest BCUT2D eigenvalue weighted by atomic mass is 10.0. The summed E-state index contributed by atoms with van der Waals surface area (Å²) in [6, 6.07) is 1.61. The van der Waals surface area contributed by atoms with Crippen LogP contribution in [-0.4, -0.2) is 38.9 Å². The Hall–Kier alpha value is -1.77. The maximum Gasteiger partial charge on any atom is 0.250 e. The quantitative estimate of drug-likeness (QED) is 0.528. The Kier molecular flexibility index (Phi) is 5.45. The lowest BCUT2D eigenvalue weighted by Gasteiger charge is -2.18. The van der Waals surface area contributed by atoms with E-state index in [0.717, 1.165) is 40.8 Å². The summed E-state index contributed by atoms with van der Waals surface area (Å²) in [5.41, 5.74) is 4.16. The molecule has 0 aliphatic carbocycles. The molecule has 0 radical (unpaired) electrons. The van der Waals surface area contributed by atoms with Crippen LogP contribution in [0.25, 0.3) is 22.0 Å². The van der Waals surface area contributed by atoms with Crippen molar-refractivity contribution < 1.29 is 9.90 Å². The molecule has 10 heteroatoms. The van der Waals surface area contributed by atoms with Crippen molar-refractivity contribution in [3.05, 3.63) is 34.2 Å². The Morgan fingerprint density at radius 1 is 1.42 bits per heavy atom. The number of benzene rings is 1. The fourth-order valence-electron chi connectivity index (χ4n) is 3.35. The van der Waals surface area contributed by atoms with Gasteiger partial charge in [0.25, 0.3) is 0 Å². The summed E-state index contributed by atoms with van der Waals surface area (Å²) in [6.45, 7) is 1.59. The summed E-state index contributed by atoms with van der Waals surface area (Å²) in [4.78, 5) is 11.8. The van der Waals surface area contributed by atoms with Gasteiger partial charge in [-0.15, -0.1) is 12.4 Å². The largest absolute Gasteiger partial charge is 0.387 e. The third-order valence-electron chi connectivity index (χ3n) is 4.34. The van der Waals surface area contributed by atoms with Crippen LogP contribution < -0.4 is 10.6 Å². The standard InChI is InChI=1S/C16H15Cl2N5O2.ClH/c17-9-3-10(22-12(25)7-24)14-13(8-4-20-21-5-8)11-6-19-1-2-23(11)16(14)15(9)18;/h3-5,19,24H,1-2,6-7H2,(H,20,21)(H,22,25);1H. The van der Waals surface area contributed by atoms with E-state index in [1.54, 1.807) is 18.5 Å². The predicted molar refractivity (Wildman–Crippen MR) is 104 cm³/mol. The number of anilines is 1. The molecule has 4 rings (SSSR count). The lowest BCUT2D eigenvalue weighted by Crippen LogP contribution is -2.27. The number of rotatable bonds is 3. The van der Waals surface area contributed by atoms with Crippen LogP contribution in [0.2, 0.25) is 10.0 Å². The van der Waals surface area contributed by atoms with Gasteiger partial charge in [-0.25, -0.2) is 0 Å². The van der Waals surface area contributed by atoms with Crippen LogP contribution in [0.15, 0.2) is 18.5 Å². The molecule has 4 N–H and O–H groups in total. The Labute approximate surface area is 165 Å². The van der Waals surface area contributed by atoms with Crippen LogP contribution in [0.1, 0.15) is 5.69 Å². The molecule has 3 aromatic rings. The number of nitrogens with zero attached hydrogens (tertiary/aromatic N) is 2. The first kappa shape index (κ1) is 19.0. The minimum absolute atomic E-state index is 0. The van der Waals surface area contributed by atoms with E-state index in [-0.39, 0.29) is 12.4 Å². The van der Waals surface area contributed by atoms with E-state index in [2.05, 4.69) is 25.4 Å². The molecule has 0 atom stereocenters. The SMILES string of the molecule is Cl.O=C(CO)Nc1cc(Cl)c(Cl)c2c1c(-c1cn[nH]c1)c1n2CCNC1. The first-order valence-corrected chi connectivity index (χ1v) is 8.51. The molecule has 7 nitrogen and oxygen atoms in total. The van der Waals surface area contributed by atoms with Gasteiger partial charge in [0, 0.05) is 48.0 Å². The molecule has 0 saturated carbocycles. The summed E-state index contributed by atoms with van der Waals surface area (Å²) < 4.78 is 2.12. The van der Waals surface area contributed by atoms with Crippen molar-refractivity contribution in [2.45, 2.75) is 13.1 Å². The van der Waals surface area contributed by atoms with Crippen molar-refractivity contribution in [1.82, 2.24) is 20.1 Å². The van der Waals surface area contributed by atoms with Gasteiger partial charge in [-0.1, -0.05) is 23.2 Å². The number of aliphatic hydroxyl groups is 1. The molecule has 3 heterocycles. The third-order valence-corrected chi connectivity index (χ3v) is 5.12. The monoisotopic (exact) mass is 415 g/mol. The molecule has 1 aliphatic heterocycles. The zero-order valence-electron chi connectivity index (χ0n) is 13.5. The van der Waals surface area contributed by atoms with Gasteiger partial charge in [0.15, 0.2) is 0 Å². The van der Waals surface area contributed by atoms with Crippen LogP contribution in [0.4, 0.5) is 5.69 Å². The minimum atomic E-state index is -0.613. The molecule has 0 spiro atoms. The van der Waals surface area contributed by atoms with Crippen molar-refractivity contribution >= 4 is 58.1 Å². The van der Waals surface area contributed by atoms with Gasteiger partial charge in [-0.3, -0.25) is 9.89 Å². The summed E-state index contributed by atoms with van der Waals surface area (Å²) in [5.74, 6) is -0.514. The zero-order valence-corrected chi connectivity index (χ0v) is 15.8. The Morgan fingerprint density at radius 3 is 2.92 bits per heavy atom. The van der Waals surface area contributed by atoms with E-state index in [0.29, 0.717) is 22.3 Å². The topological polar surface area (TPSA) is 95.0 Å². The molecule has 0 fully saturated rings. The number of hydrogen-bond acceptors (Lipinski definition) is 4. The number of carbonyl (C=O) groups is 1. The molecular weight excluding hydrogens is 401 g/mol. The molecule has 26 heavy (non-hydrogen) atoms. The molecule has 0 unspecified atom stereocenters. The number of aliphatic hydroxyl groups excluding tert-OH is 1. The molecule has 1 aliphatic rings. The minimum Gasteiger partial charge on any atom is -0.387 e. The van der Waals surface area contributed by atoms with Crippen LogP contribution in [0, 0.1) is 0 Å². The summed E-state index contributed by atoms with van der Waals surface area (Å²) in [6.07, 6.45) is 3.52. The maximum absolute atomic E-state index is 11.8. The van der Waals surface area contributed by atoms with Gasteiger partial charge in [0.05, 0.1) is 27.4 Å². The van der Waals surface area contributed by atoms with E-state index < -0.39 is 12.5 Å². The fraction of sp³-hybridized carbons (Fsp3) is 0.250. The Bertz CT molecular complexity index is 969. The predicted octanol–water partition coefficient (Wildman–Crippen LogP) is 2.79. The normalized spacial score (nSPS) is 13.3. The number of amides is 1. The highest BCUT2D eigenvalue weighted by atomic mass is 35.5. The first-order chi connectivity index (χ1) is 12.1. The van der Waals surface area contributed by atoms with Gasteiger partial charge < -0.3 is 20.3 Å². The van der Waals surface area contributed by atoms with Crippen LogP contribution in [0.3, 0.4) is 0 Å². The molecule has 0 bridgehead atoms. The second kappa shape index (κ2) is 7.46. The van der Waals surface area contributed by atoms with Crippen molar-refractivity contribution in [3.63, 3.8) is 0 Å². The summed E-state index contributed by atoms with van der Waals surface area (Å²) in [5, 5.41) is 23.6. The number of aromatic amines is 1. The summed E-state index contributed by atoms with van der Waals surface area (Å²) >= 11 is 12.8. The first-order valence-electron chi connectivity index (χ1n) is 7.75. The van der Waals surface area contributed by atoms with E-state index in [4.69, 9.17) is 28.3 Å². The number of aromatic nitrogens is 3. The number of halogens is 3. The highest BCUT2D eigenvalue weighted by molar-refractivity contribution is 6.46. The van der Waals surface area contributed by atoms with Gasteiger partial charge in [-0.2, -0.15) is 5.10 Å². The molecule has 1 aromatic carbocycles. The van der Waals surface area contributed by atoms with E-state index in [1.807, 2.05) is 0 Å². The Morgan fingerprint density at radius 2 is 2.23 bits per heavy atom. The van der Waals surface area contributed by atoms with Crippen molar-refractivity contribution in [2.75, 3.05) is 18.5 Å². The van der Waals surface area contributed by atoms with E-state index in [1.165, 1.54) is 0 Å². The second-order valence-electron chi connectivity index (χ2n) is 5.79. The second-order valence-corrected chi connectivity index (χ2v) is 6.57. The van der Waals surface area contributed by atoms with E-state index in [9.17, 15) is 4.79 Å². The Balaban J connectivity index is 0.00000196. The highest BCUT2D eigenvalue weighted by Gasteiger charge is 2.26. The van der Waals surface area contributed by atoms with Gasteiger partial charge in [-0.05, 0) is 6.07 Å².